The van der Waals surface area contributed by atoms with Gasteiger partial charge in [0, 0.05) is 0 Å². The summed E-state index contributed by atoms with van der Waals surface area (Å²) in [5.74, 6) is 0. The molecule has 0 saturated heterocycles. The average Bonchev–Trinajstić information content (AvgIpc) is 2.49. The third kappa shape index (κ3) is 3.70. The molecule has 0 fully saturated rings. The maximum atomic E-state index is 7.21. The molecule has 2 rings (SSSR count). The molecule has 2 aromatic rings. The van der Waals surface area contributed by atoms with Crippen LogP contribution in [0.25, 0.3) is 0 Å². The first-order valence-corrected chi connectivity index (χ1v) is 18.1. The summed E-state index contributed by atoms with van der Waals surface area (Å²) in [6.45, 7) is 3.81. The van der Waals surface area contributed by atoms with E-state index in [2.05, 4.69) is 67.2 Å². The van der Waals surface area contributed by atoms with Crippen LogP contribution in [0.5, 0.6) is 0 Å². The Morgan fingerprint density at radius 1 is 0.895 bits per heavy atom. The van der Waals surface area contributed by atoms with Gasteiger partial charge >= 0.3 is 125 Å². The molecule has 0 unspecified atom stereocenters. The minimum absolute atomic E-state index is 1.05. The van der Waals surface area contributed by atoms with Crippen LogP contribution in [0.1, 0.15) is 12.8 Å². The molecule has 0 aromatic heterocycles. The van der Waals surface area contributed by atoms with Crippen molar-refractivity contribution in [2.75, 3.05) is 0 Å². The first kappa shape index (κ1) is 14.8. The Kier molecular flexibility index (Phi) is 5.64. The van der Waals surface area contributed by atoms with E-state index in [1.54, 1.807) is 0 Å². The van der Waals surface area contributed by atoms with Gasteiger partial charge in [-0.25, -0.2) is 0 Å². The van der Waals surface area contributed by atoms with Crippen LogP contribution in [0.2, 0.25) is 3.98 Å². The molecule has 0 amide bonds. The molecule has 0 radical (unpaired) electrons. The Labute approximate surface area is 124 Å². The molecule has 0 nitrogen and oxygen atoms in total. The summed E-state index contributed by atoms with van der Waals surface area (Å²) in [6.07, 6.45) is 4.17. The van der Waals surface area contributed by atoms with Gasteiger partial charge in [0.25, 0.3) is 0 Å². The summed E-state index contributed by atoms with van der Waals surface area (Å²) in [5.41, 5.74) is 0. The predicted octanol–water partition coefficient (Wildman–Crippen LogP) is 3.95. The van der Waals surface area contributed by atoms with Gasteiger partial charge in [-0.1, -0.05) is 0 Å². The van der Waals surface area contributed by atoms with E-state index in [1.807, 2.05) is 6.08 Å². The Morgan fingerprint density at radius 2 is 1.37 bits per heavy atom. The van der Waals surface area contributed by atoms with Crippen LogP contribution in [0.3, 0.4) is 0 Å². The zero-order valence-corrected chi connectivity index (χ0v) is 15.7. The summed E-state index contributed by atoms with van der Waals surface area (Å²) in [4.78, 5) is 0. The molecule has 2 aromatic carbocycles. The van der Waals surface area contributed by atoms with E-state index in [0.717, 1.165) is 16.8 Å². The summed E-state index contributed by atoms with van der Waals surface area (Å²) in [6, 6.07) is 21.3. The van der Waals surface area contributed by atoms with E-state index in [4.69, 9.17) is 8.32 Å². The van der Waals surface area contributed by atoms with Crippen molar-refractivity contribution in [2.45, 2.75) is 16.8 Å². The van der Waals surface area contributed by atoms with Crippen LogP contribution in [0.15, 0.2) is 73.3 Å². The maximum absolute atomic E-state index is 7.21. The molecule has 0 N–H and O–H groups in total. The van der Waals surface area contributed by atoms with Gasteiger partial charge in [0.15, 0.2) is 0 Å². The Morgan fingerprint density at radius 3 is 1.79 bits per heavy atom. The van der Waals surface area contributed by atoms with E-state index in [0.29, 0.717) is 0 Å². The van der Waals surface area contributed by atoms with Crippen molar-refractivity contribution in [3.8, 4) is 0 Å². The molecule has 0 aliphatic carbocycles. The van der Waals surface area contributed by atoms with Crippen molar-refractivity contribution in [1.29, 1.82) is 0 Å². The normalized spacial score (nSPS) is 11.2. The van der Waals surface area contributed by atoms with E-state index in [-0.39, 0.29) is 0 Å². The molecule has 0 atom stereocenters. The van der Waals surface area contributed by atoms with Crippen LogP contribution < -0.4 is 6.25 Å². The Balaban J connectivity index is 2.35. The number of rotatable bonds is 6. The molecule has 0 bridgehead atoms. The third-order valence-electron chi connectivity index (χ3n) is 3.39. The molecule has 0 aliphatic rings. The number of hydrogen-bond acceptors (Lipinski definition) is 0. The minimum atomic E-state index is -3.12. The third-order valence-corrected chi connectivity index (χ3v) is 22.6. The van der Waals surface area contributed by atoms with Crippen molar-refractivity contribution in [2.24, 2.45) is 0 Å². The Bertz CT molecular complexity index is 468. The molecule has 98 valence electrons. The van der Waals surface area contributed by atoms with Crippen LogP contribution in [0.4, 0.5) is 0 Å². The van der Waals surface area contributed by atoms with Crippen LogP contribution in [-0.2, 0) is 0 Å². The monoisotopic (exact) mass is 466 g/mol. The van der Waals surface area contributed by atoms with Crippen molar-refractivity contribution in [1.82, 2.24) is 0 Å². The summed E-state index contributed by atoms with van der Waals surface area (Å²) >= 11 is -3.12. The zero-order chi connectivity index (χ0) is 13.6. The second-order valence-corrected chi connectivity index (χ2v) is 23.0. The fourth-order valence-electron chi connectivity index (χ4n) is 2.35. The second-order valence-electron chi connectivity index (χ2n) is 4.71. The number of unbranched alkanes of at least 4 members (excludes halogenated alkanes) is 1. The Hall–Kier alpha value is -0.608. The van der Waals surface area contributed by atoms with Crippen molar-refractivity contribution < 1.29 is 0 Å². The first-order chi connectivity index (χ1) is 9.27. The first-order valence-electron chi connectivity index (χ1n) is 6.68. The number of halogens is 1. The van der Waals surface area contributed by atoms with Gasteiger partial charge < -0.3 is 0 Å². The van der Waals surface area contributed by atoms with Crippen LogP contribution >= 0.6 is 8.32 Å². The summed E-state index contributed by atoms with van der Waals surface area (Å²) < 4.78 is 3.90. The van der Waals surface area contributed by atoms with Gasteiger partial charge in [-0.15, -0.1) is 0 Å². The van der Waals surface area contributed by atoms with Crippen LogP contribution in [0, 0.1) is 0 Å². The van der Waals surface area contributed by atoms with E-state index < -0.39 is 19.9 Å². The molecular weight excluding hydrogens is 447 g/mol. The SMILES string of the molecule is C=CCC[CH2][Pb]([Cl])([c]1ccccc1)[c]1ccccc1. The quantitative estimate of drug-likeness (QED) is 0.344. The van der Waals surface area contributed by atoms with Crippen molar-refractivity contribution >= 4 is 34.5 Å². The van der Waals surface area contributed by atoms with Crippen molar-refractivity contribution in [3.63, 3.8) is 0 Å². The van der Waals surface area contributed by atoms with E-state index >= 15 is 0 Å². The second kappa shape index (κ2) is 7.25. The van der Waals surface area contributed by atoms with Gasteiger partial charge in [-0.2, -0.15) is 0 Å². The molecule has 0 aliphatic heterocycles. The van der Waals surface area contributed by atoms with Gasteiger partial charge in [0.2, 0.25) is 0 Å². The van der Waals surface area contributed by atoms with E-state index in [9.17, 15) is 0 Å². The molecule has 0 saturated carbocycles. The van der Waals surface area contributed by atoms with Crippen LogP contribution in [-0.4, -0.2) is 19.9 Å². The number of hydrogen-bond donors (Lipinski definition) is 0. The number of benzene rings is 2. The van der Waals surface area contributed by atoms with Gasteiger partial charge in [-0.3, -0.25) is 0 Å². The fraction of sp³-hybridized carbons (Fsp3) is 0.176. The fourth-order valence-corrected chi connectivity index (χ4v) is 17.6. The van der Waals surface area contributed by atoms with E-state index in [1.165, 1.54) is 6.25 Å². The zero-order valence-electron chi connectivity index (χ0n) is 11.1. The van der Waals surface area contributed by atoms with Gasteiger partial charge in [0.1, 0.15) is 0 Å². The molecular formula is C17H19ClPb. The summed E-state index contributed by atoms with van der Waals surface area (Å²) in [7, 11) is 7.21. The van der Waals surface area contributed by atoms with Gasteiger partial charge in [-0.05, 0) is 0 Å². The van der Waals surface area contributed by atoms with Crippen molar-refractivity contribution in [3.05, 3.63) is 73.3 Å². The molecule has 2 heteroatoms. The standard InChI is InChI=1S/2C6H5.C5H9.ClH.Pb/c2*1-2-4-6-5-3-1;1-3-5-4-2;;/h2*1-5H;3H,1-2,4-5H2;1H;/q;;;;+1/p-1. The molecule has 0 spiro atoms. The summed E-state index contributed by atoms with van der Waals surface area (Å²) in [5, 5.41) is 0. The molecule has 19 heavy (non-hydrogen) atoms. The average molecular weight is 466 g/mol. The number of allylic oxidation sites excluding steroid dienone is 1. The topological polar surface area (TPSA) is 0 Å². The molecule has 0 heterocycles. The predicted molar refractivity (Wildman–Crippen MR) is 88.0 cm³/mol. The van der Waals surface area contributed by atoms with Gasteiger partial charge in [0.05, 0.1) is 0 Å².